The Hall–Kier alpha value is -1.62. The number of hydrogen-bond donors (Lipinski definition) is 1. The highest BCUT2D eigenvalue weighted by Crippen LogP contribution is 2.32. The third kappa shape index (κ3) is 2.55. The molecule has 0 aliphatic heterocycles. The van der Waals surface area contributed by atoms with E-state index in [0.29, 0.717) is 16.0 Å². The summed E-state index contributed by atoms with van der Waals surface area (Å²) in [4.78, 5) is 4.05. The second-order valence-corrected chi connectivity index (χ2v) is 4.39. The minimum Gasteiger partial charge on any atom is -0.436 e. The maximum absolute atomic E-state index is 13.4. The van der Waals surface area contributed by atoms with Gasteiger partial charge in [0.1, 0.15) is 5.82 Å². The van der Waals surface area contributed by atoms with Crippen molar-refractivity contribution in [3.63, 3.8) is 0 Å². The number of benzene rings is 1. The van der Waals surface area contributed by atoms with Crippen molar-refractivity contribution in [1.82, 2.24) is 4.98 Å². The van der Waals surface area contributed by atoms with Crippen molar-refractivity contribution in [3.05, 3.63) is 46.3 Å². The lowest BCUT2D eigenvalue weighted by molar-refractivity contribution is 0.456. The van der Waals surface area contributed by atoms with Gasteiger partial charge in [-0.1, -0.05) is 6.07 Å². The summed E-state index contributed by atoms with van der Waals surface area (Å²) in [7, 11) is 0. The smallest absolute Gasteiger partial charge is 0.222 e. The maximum atomic E-state index is 13.4. The van der Waals surface area contributed by atoms with E-state index in [1.807, 2.05) is 13.0 Å². The molecule has 0 saturated carbocycles. The van der Waals surface area contributed by atoms with Crippen molar-refractivity contribution in [3.8, 4) is 11.6 Å². The van der Waals surface area contributed by atoms with E-state index >= 15 is 0 Å². The Balaban J connectivity index is 2.37. The summed E-state index contributed by atoms with van der Waals surface area (Å²) in [6.07, 6.45) is 1.60. The Bertz CT molecular complexity index is 560. The molecule has 0 radical (unpaired) electrons. The largest absolute Gasteiger partial charge is 0.436 e. The van der Waals surface area contributed by atoms with Gasteiger partial charge in [-0.25, -0.2) is 9.37 Å². The molecule has 2 aromatic rings. The third-order valence-electron chi connectivity index (χ3n) is 2.22. The molecule has 0 fully saturated rings. The Kier molecular flexibility index (Phi) is 3.28. The monoisotopic (exact) mass is 296 g/mol. The Morgan fingerprint density at radius 2 is 2.18 bits per heavy atom. The Morgan fingerprint density at radius 3 is 2.88 bits per heavy atom. The first-order valence-electron chi connectivity index (χ1n) is 4.92. The van der Waals surface area contributed by atoms with Gasteiger partial charge in [-0.05, 0) is 35.0 Å². The number of ether oxygens (including phenoxy) is 1. The first kappa shape index (κ1) is 11.9. The average Bonchev–Trinajstić information content (AvgIpc) is 2.29. The summed E-state index contributed by atoms with van der Waals surface area (Å²) < 4.78 is 19.1. The number of nitrogen functional groups attached to an aromatic ring is 1. The van der Waals surface area contributed by atoms with Gasteiger partial charge in [0.2, 0.25) is 5.88 Å². The minimum absolute atomic E-state index is 0.257. The molecule has 0 saturated heterocycles. The first-order chi connectivity index (χ1) is 8.08. The van der Waals surface area contributed by atoms with E-state index < -0.39 is 5.82 Å². The SMILES string of the molecule is Cc1cccnc1Oc1cc(F)c(Br)cc1N. The van der Waals surface area contributed by atoms with Gasteiger partial charge in [0.15, 0.2) is 5.75 Å². The van der Waals surface area contributed by atoms with Gasteiger partial charge in [-0.2, -0.15) is 0 Å². The van der Waals surface area contributed by atoms with Crippen LogP contribution in [0.25, 0.3) is 0 Å². The predicted molar refractivity (Wildman–Crippen MR) is 67.6 cm³/mol. The fourth-order valence-corrected chi connectivity index (χ4v) is 1.68. The van der Waals surface area contributed by atoms with Gasteiger partial charge >= 0.3 is 0 Å². The summed E-state index contributed by atoms with van der Waals surface area (Å²) in [6, 6.07) is 6.35. The van der Waals surface area contributed by atoms with Crippen LogP contribution in [0, 0.1) is 12.7 Å². The van der Waals surface area contributed by atoms with E-state index in [2.05, 4.69) is 20.9 Å². The number of anilines is 1. The molecule has 17 heavy (non-hydrogen) atoms. The fraction of sp³-hybridized carbons (Fsp3) is 0.0833. The number of aromatic nitrogens is 1. The van der Waals surface area contributed by atoms with Crippen LogP contribution < -0.4 is 10.5 Å². The molecule has 5 heteroatoms. The summed E-state index contributed by atoms with van der Waals surface area (Å²) in [6.45, 7) is 1.85. The lowest BCUT2D eigenvalue weighted by Crippen LogP contribution is -1.96. The number of rotatable bonds is 2. The molecule has 0 aliphatic rings. The molecule has 3 nitrogen and oxygen atoms in total. The van der Waals surface area contributed by atoms with Crippen molar-refractivity contribution in [2.75, 3.05) is 5.73 Å². The van der Waals surface area contributed by atoms with E-state index in [4.69, 9.17) is 10.5 Å². The van der Waals surface area contributed by atoms with Gasteiger partial charge in [0.25, 0.3) is 0 Å². The van der Waals surface area contributed by atoms with E-state index in [-0.39, 0.29) is 5.75 Å². The zero-order valence-corrected chi connectivity index (χ0v) is 10.7. The van der Waals surface area contributed by atoms with Crippen molar-refractivity contribution in [2.45, 2.75) is 6.92 Å². The quantitative estimate of drug-likeness (QED) is 0.860. The number of nitrogens with zero attached hydrogens (tertiary/aromatic N) is 1. The van der Waals surface area contributed by atoms with Crippen LogP contribution in [0.2, 0.25) is 0 Å². The van der Waals surface area contributed by atoms with Gasteiger partial charge < -0.3 is 10.5 Å². The minimum atomic E-state index is -0.428. The van der Waals surface area contributed by atoms with Crippen LogP contribution in [0.15, 0.2) is 34.9 Å². The molecule has 2 N–H and O–H groups in total. The molecule has 0 unspecified atom stereocenters. The molecule has 88 valence electrons. The van der Waals surface area contributed by atoms with E-state index in [1.54, 1.807) is 12.3 Å². The van der Waals surface area contributed by atoms with E-state index in [1.165, 1.54) is 12.1 Å². The maximum Gasteiger partial charge on any atom is 0.222 e. The number of pyridine rings is 1. The number of halogens is 2. The number of aryl methyl sites for hydroxylation is 1. The Labute approximate surface area is 107 Å². The average molecular weight is 297 g/mol. The second-order valence-electron chi connectivity index (χ2n) is 3.53. The van der Waals surface area contributed by atoms with Gasteiger partial charge in [-0.15, -0.1) is 0 Å². The molecule has 1 aromatic carbocycles. The van der Waals surface area contributed by atoms with E-state index in [0.717, 1.165) is 5.56 Å². The second kappa shape index (κ2) is 4.71. The molecule has 0 spiro atoms. The molecule has 0 bridgehead atoms. The first-order valence-corrected chi connectivity index (χ1v) is 5.71. The highest BCUT2D eigenvalue weighted by Gasteiger charge is 2.09. The standard InChI is InChI=1S/C12H10BrFN2O/c1-7-3-2-4-16-12(7)17-11-6-9(14)8(13)5-10(11)15/h2-6H,15H2,1H3. The van der Waals surface area contributed by atoms with Gasteiger partial charge in [-0.3, -0.25) is 0 Å². The highest BCUT2D eigenvalue weighted by atomic mass is 79.9. The van der Waals surface area contributed by atoms with Crippen molar-refractivity contribution in [1.29, 1.82) is 0 Å². The van der Waals surface area contributed by atoms with Crippen LogP contribution >= 0.6 is 15.9 Å². The van der Waals surface area contributed by atoms with Crippen LogP contribution in [0.5, 0.6) is 11.6 Å². The normalized spacial score (nSPS) is 10.3. The molecule has 0 aliphatic carbocycles. The molecule has 2 rings (SSSR count). The Morgan fingerprint density at radius 1 is 1.41 bits per heavy atom. The summed E-state index contributed by atoms with van der Waals surface area (Å²) in [5, 5.41) is 0. The van der Waals surface area contributed by atoms with E-state index in [9.17, 15) is 4.39 Å². The summed E-state index contributed by atoms with van der Waals surface area (Å²) in [5.74, 6) is 0.246. The van der Waals surface area contributed by atoms with Gasteiger partial charge in [0, 0.05) is 17.8 Å². The molecule has 0 atom stereocenters. The lowest BCUT2D eigenvalue weighted by atomic mass is 10.3. The van der Waals surface area contributed by atoms with Crippen molar-refractivity contribution in [2.24, 2.45) is 0 Å². The van der Waals surface area contributed by atoms with Crippen molar-refractivity contribution >= 4 is 21.6 Å². The number of hydrogen-bond acceptors (Lipinski definition) is 3. The zero-order valence-electron chi connectivity index (χ0n) is 9.08. The lowest BCUT2D eigenvalue weighted by Gasteiger charge is -2.10. The van der Waals surface area contributed by atoms with Crippen LogP contribution in [0.3, 0.4) is 0 Å². The highest BCUT2D eigenvalue weighted by molar-refractivity contribution is 9.10. The van der Waals surface area contributed by atoms with Gasteiger partial charge in [0.05, 0.1) is 10.2 Å². The third-order valence-corrected chi connectivity index (χ3v) is 2.83. The topological polar surface area (TPSA) is 48.1 Å². The molecule has 0 amide bonds. The fourth-order valence-electron chi connectivity index (χ4n) is 1.31. The van der Waals surface area contributed by atoms with Crippen LogP contribution in [-0.4, -0.2) is 4.98 Å². The predicted octanol–water partition coefficient (Wildman–Crippen LogP) is 3.67. The molecular formula is C12H10BrFN2O. The molecule has 1 aromatic heterocycles. The summed E-state index contributed by atoms with van der Waals surface area (Å²) in [5.41, 5.74) is 6.95. The molecular weight excluding hydrogens is 287 g/mol. The number of nitrogens with two attached hydrogens (primary N) is 1. The van der Waals surface area contributed by atoms with Crippen LogP contribution in [-0.2, 0) is 0 Å². The van der Waals surface area contributed by atoms with Crippen LogP contribution in [0.4, 0.5) is 10.1 Å². The zero-order chi connectivity index (χ0) is 12.4. The van der Waals surface area contributed by atoms with Crippen LogP contribution in [0.1, 0.15) is 5.56 Å². The molecule has 1 heterocycles. The summed E-state index contributed by atoms with van der Waals surface area (Å²) >= 11 is 3.05. The van der Waals surface area contributed by atoms with Crippen molar-refractivity contribution < 1.29 is 9.13 Å².